The van der Waals surface area contributed by atoms with Crippen LogP contribution in [0.4, 0.5) is 4.39 Å². The molecule has 5 rings (SSSR count). The molecule has 1 N–H and O–H groups in total. The molecular weight excluding hydrogens is 379 g/mol. The Labute approximate surface area is 174 Å². The van der Waals surface area contributed by atoms with Crippen molar-refractivity contribution in [3.63, 3.8) is 0 Å². The van der Waals surface area contributed by atoms with E-state index >= 15 is 0 Å². The van der Waals surface area contributed by atoms with Crippen LogP contribution in [0.15, 0.2) is 36.8 Å². The molecular formula is C20H18ClFN6. The minimum atomic E-state index is -2.82. The van der Waals surface area contributed by atoms with Crippen molar-refractivity contribution in [3.8, 4) is 22.5 Å². The molecule has 0 aromatic carbocycles. The lowest BCUT2D eigenvalue weighted by Crippen LogP contribution is -2.29. The number of nitrogens with zero attached hydrogens (tertiary/aromatic N) is 5. The van der Waals surface area contributed by atoms with Gasteiger partial charge in [-0.25, -0.2) is 9.37 Å². The fraction of sp³-hybridized carbons (Fsp3) is 0.300. The van der Waals surface area contributed by atoms with Crippen LogP contribution < -0.4 is 0 Å². The minimum Gasteiger partial charge on any atom is -0.266 e. The lowest BCUT2D eigenvalue weighted by Gasteiger charge is -2.33. The van der Waals surface area contributed by atoms with Crippen molar-refractivity contribution in [1.82, 2.24) is 29.9 Å². The molecule has 6 nitrogen and oxygen atoms in total. The largest absolute Gasteiger partial charge is 0.266 e. The average molecular weight is 403 g/mol. The number of hydrogen-bond acceptors (Lipinski definition) is 4. The molecule has 0 fully saturated rings. The molecule has 8 heteroatoms. The van der Waals surface area contributed by atoms with Crippen LogP contribution in [0.3, 0.4) is 0 Å². The molecule has 0 bridgehead atoms. The van der Waals surface area contributed by atoms with Gasteiger partial charge >= 0.3 is 0 Å². The number of alkyl halides is 1. The third-order valence-corrected chi connectivity index (χ3v) is 5.19. The first-order valence-electron chi connectivity index (χ1n) is 11.6. The van der Waals surface area contributed by atoms with Crippen LogP contribution in [0.1, 0.15) is 39.4 Å². The summed E-state index contributed by atoms with van der Waals surface area (Å²) in [6.07, 6.45) is 3.90. The van der Waals surface area contributed by atoms with Crippen molar-refractivity contribution in [2.45, 2.75) is 32.0 Å². The molecule has 142 valence electrons. The number of hydrogen-bond donors (Lipinski definition) is 1. The predicted molar refractivity (Wildman–Crippen MR) is 105 cm³/mol. The molecule has 0 aliphatic carbocycles. The maximum atomic E-state index is 13.6. The van der Waals surface area contributed by atoms with Gasteiger partial charge in [-0.1, -0.05) is 13.7 Å². The van der Waals surface area contributed by atoms with Gasteiger partial charge in [0.25, 0.3) is 0 Å². The molecule has 0 spiro atoms. The van der Waals surface area contributed by atoms with Gasteiger partial charge in [-0.05, 0) is 35.6 Å². The van der Waals surface area contributed by atoms with Crippen LogP contribution in [-0.4, -0.2) is 29.9 Å². The fourth-order valence-electron chi connectivity index (χ4n) is 3.67. The van der Waals surface area contributed by atoms with Crippen LogP contribution in [0, 0.1) is 11.2 Å². The van der Waals surface area contributed by atoms with E-state index in [-0.39, 0.29) is 6.42 Å². The average Bonchev–Trinajstić information content (AvgIpc) is 3.37. The molecule has 1 aliphatic rings. The summed E-state index contributed by atoms with van der Waals surface area (Å²) in [5.41, 5.74) is 0.710. The first-order valence-corrected chi connectivity index (χ1v) is 9.02. The van der Waals surface area contributed by atoms with Crippen molar-refractivity contribution in [3.05, 3.63) is 48.3 Å². The summed E-state index contributed by atoms with van der Waals surface area (Å²) >= 11 is 6.77. The number of fused-ring (bicyclic) bond motifs is 2. The zero-order valence-corrected chi connectivity index (χ0v) is 15.2. The Bertz CT molecular complexity index is 1360. The highest BCUT2D eigenvalue weighted by Gasteiger charge is 2.36. The highest BCUT2D eigenvalue weighted by Crippen LogP contribution is 2.48. The summed E-state index contributed by atoms with van der Waals surface area (Å²) in [4.78, 5) is 8.40. The van der Waals surface area contributed by atoms with E-state index in [9.17, 15) is 4.39 Å². The first kappa shape index (κ1) is 11.9. The Hall–Kier alpha value is -2.80. The second-order valence-corrected chi connectivity index (χ2v) is 7.40. The summed E-state index contributed by atoms with van der Waals surface area (Å²) < 4.78 is 63.3. The van der Waals surface area contributed by atoms with Gasteiger partial charge in [-0.2, -0.15) is 10.2 Å². The van der Waals surface area contributed by atoms with E-state index in [4.69, 9.17) is 19.8 Å². The smallest absolute Gasteiger partial charge is 0.155 e. The Morgan fingerprint density at radius 3 is 2.96 bits per heavy atom. The van der Waals surface area contributed by atoms with E-state index in [1.807, 2.05) is 0 Å². The normalized spacial score (nSPS) is 22.4. The summed E-state index contributed by atoms with van der Waals surface area (Å²) in [7, 11) is 0. The zero-order chi connectivity index (χ0) is 24.5. The van der Waals surface area contributed by atoms with Crippen molar-refractivity contribution in [1.29, 1.82) is 0 Å². The quantitative estimate of drug-likeness (QED) is 0.492. The van der Waals surface area contributed by atoms with Crippen molar-refractivity contribution in [2.24, 2.45) is 5.41 Å². The minimum absolute atomic E-state index is 0.309. The van der Waals surface area contributed by atoms with Gasteiger partial charge in [0, 0.05) is 31.9 Å². The molecule has 0 radical (unpaired) electrons. The second kappa shape index (κ2) is 6.10. The number of rotatable bonds is 2. The van der Waals surface area contributed by atoms with Gasteiger partial charge in [0.05, 0.1) is 29.2 Å². The zero-order valence-electron chi connectivity index (χ0n) is 20.4. The van der Waals surface area contributed by atoms with Crippen LogP contribution >= 0.6 is 11.6 Å². The lowest BCUT2D eigenvalue weighted by molar-refractivity contribution is 0.231. The summed E-state index contributed by atoms with van der Waals surface area (Å²) in [6, 6.07) is 4.42. The number of aromatic amines is 1. The molecule has 4 aromatic rings. The maximum absolute atomic E-state index is 13.6. The lowest BCUT2D eigenvalue weighted by atomic mass is 9.83. The van der Waals surface area contributed by atoms with E-state index in [2.05, 4.69) is 25.3 Å². The monoisotopic (exact) mass is 402 g/mol. The van der Waals surface area contributed by atoms with Crippen molar-refractivity contribution in [2.75, 3.05) is 0 Å². The molecule has 1 atom stereocenters. The highest BCUT2D eigenvalue weighted by atomic mass is 35.5. The van der Waals surface area contributed by atoms with Crippen molar-refractivity contribution >= 4 is 22.6 Å². The van der Waals surface area contributed by atoms with Crippen LogP contribution in [-0.2, 0) is 6.54 Å². The van der Waals surface area contributed by atoms with Gasteiger partial charge in [0.15, 0.2) is 5.65 Å². The summed E-state index contributed by atoms with van der Waals surface area (Å²) in [5.74, 6) is -0.533. The Morgan fingerprint density at radius 2 is 2.18 bits per heavy atom. The van der Waals surface area contributed by atoms with Crippen LogP contribution in [0.2, 0.25) is 0 Å². The van der Waals surface area contributed by atoms with Gasteiger partial charge in [-0.3, -0.25) is 14.8 Å². The third-order valence-electron chi connectivity index (χ3n) is 4.83. The van der Waals surface area contributed by atoms with E-state index < -0.39 is 36.9 Å². The van der Waals surface area contributed by atoms with Gasteiger partial charge < -0.3 is 0 Å². The number of halogens is 2. The van der Waals surface area contributed by atoms with Gasteiger partial charge in [0.1, 0.15) is 11.5 Å². The van der Waals surface area contributed by atoms with E-state index in [1.54, 1.807) is 18.5 Å². The molecule has 1 unspecified atom stereocenters. The third kappa shape index (κ3) is 2.69. The topological polar surface area (TPSA) is 72.3 Å². The highest BCUT2D eigenvalue weighted by molar-refractivity contribution is 6.21. The number of H-pyrrole nitrogens is 1. The van der Waals surface area contributed by atoms with Crippen molar-refractivity contribution < 1.29 is 12.6 Å². The molecule has 0 saturated heterocycles. The standard InChI is InChI=1S/C20H18ClFN6/c1-20(2)7-14(21)18-16(12-5-6-23-19-13(12)9-25-26-19)17(27-28(18)10-20)15-4-3-11(22)8-24-15/h3-6,8-9,14H,7,10H2,1-2H3,(H,23,25,26)/i1D3,2D3. The molecule has 0 amide bonds. The second-order valence-electron chi connectivity index (χ2n) is 6.87. The summed E-state index contributed by atoms with van der Waals surface area (Å²) in [6.45, 7) is -6.04. The Balaban J connectivity index is 1.81. The van der Waals surface area contributed by atoms with E-state index in [1.165, 1.54) is 16.8 Å². The molecule has 4 aromatic heterocycles. The first-order chi connectivity index (χ1) is 15.9. The molecule has 1 aliphatic heterocycles. The Morgan fingerprint density at radius 1 is 1.29 bits per heavy atom. The van der Waals surface area contributed by atoms with Gasteiger partial charge in [-0.15, -0.1) is 11.6 Å². The molecule has 5 heterocycles. The number of nitrogens with one attached hydrogen (secondary N) is 1. The van der Waals surface area contributed by atoms with E-state index in [0.29, 0.717) is 39.2 Å². The Kier molecular flexibility index (Phi) is 2.60. The molecule has 28 heavy (non-hydrogen) atoms. The SMILES string of the molecule is [2H]C([2H])([2H])C1(C([2H])([2H])[2H])CC(Cl)c2c(-c3ccnc4[nH]ncc34)c(-c3ccc(F)cn3)nn2C1. The molecule has 0 saturated carbocycles. The summed E-state index contributed by atoms with van der Waals surface area (Å²) in [5, 5.41) is 11.1. The van der Waals surface area contributed by atoms with Crippen LogP contribution in [0.5, 0.6) is 0 Å². The van der Waals surface area contributed by atoms with Crippen LogP contribution in [0.25, 0.3) is 33.5 Å². The number of aromatic nitrogens is 6. The maximum Gasteiger partial charge on any atom is 0.155 e. The van der Waals surface area contributed by atoms with Gasteiger partial charge in [0.2, 0.25) is 0 Å². The number of pyridine rings is 2. The fourth-order valence-corrected chi connectivity index (χ4v) is 4.15. The van der Waals surface area contributed by atoms with E-state index in [0.717, 1.165) is 6.20 Å². The predicted octanol–water partition coefficient (Wildman–Crippen LogP) is 4.73.